The molecule has 6 nitrogen and oxygen atoms in total. The van der Waals surface area contributed by atoms with Crippen LogP contribution in [0.2, 0.25) is 0 Å². The molecule has 1 saturated heterocycles. The van der Waals surface area contributed by atoms with E-state index in [1.807, 2.05) is 24.3 Å². The molecule has 1 aliphatic heterocycles. The highest BCUT2D eigenvalue weighted by Gasteiger charge is 2.27. The number of hydrogen-bond donors (Lipinski definition) is 1. The quantitative estimate of drug-likeness (QED) is 0.920. The highest BCUT2D eigenvalue weighted by molar-refractivity contribution is 7.13. The standard InChI is InChI=1S/C17H19N3O3S/c1-23-13-4-2-12(3-5-13)16-19-14(10-24-16)17(22)20-8-6-11(7-9-20)15(18)21/h2-5,10-11H,6-9H2,1H3,(H2,18,21). The molecule has 7 heteroatoms. The smallest absolute Gasteiger partial charge is 0.273 e. The van der Waals surface area contributed by atoms with Crippen molar-refractivity contribution >= 4 is 23.2 Å². The Morgan fingerprint density at radius 3 is 2.50 bits per heavy atom. The molecule has 0 saturated carbocycles. The molecule has 0 bridgehead atoms. The molecule has 3 rings (SSSR count). The average molecular weight is 345 g/mol. The number of methoxy groups -OCH3 is 1. The van der Waals surface area contributed by atoms with Crippen LogP contribution in [0.4, 0.5) is 0 Å². The van der Waals surface area contributed by atoms with Crippen molar-refractivity contribution in [3.63, 3.8) is 0 Å². The van der Waals surface area contributed by atoms with Crippen LogP contribution in [0.25, 0.3) is 10.6 Å². The highest BCUT2D eigenvalue weighted by Crippen LogP contribution is 2.27. The maximum Gasteiger partial charge on any atom is 0.273 e. The number of ether oxygens (including phenoxy) is 1. The van der Waals surface area contributed by atoms with Gasteiger partial charge in [0.1, 0.15) is 16.5 Å². The van der Waals surface area contributed by atoms with Gasteiger partial charge in [0, 0.05) is 30.0 Å². The number of carbonyl (C=O) groups excluding carboxylic acids is 2. The Labute approximate surface area is 144 Å². The molecular formula is C17H19N3O3S. The summed E-state index contributed by atoms with van der Waals surface area (Å²) in [4.78, 5) is 30.0. The first kappa shape index (κ1) is 16.4. The summed E-state index contributed by atoms with van der Waals surface area (Å²) in [6.07, 6.45) is 1.24. The number of piperidine rings is 1. The number of thiazole rings is 1. The molecule has 0 aliphatic carbocycles. The van der Waals surface area contributed by atoms with Crippen molar-refractivity contribution in [2.45, 2.75) is 12.8 Å². The van der Waals surface area contributed by atoms with E-state index in [1.165, 1.54) is 11.3 Å². The van der Waals surface area contributed by atoms with Gasteiger partial charge in [0.25, 0.3) is 5.91 Å². The molecule has 2 heterocycles. The molecule has 1 aromatic heterocycles. The molecule has 24 heavy (non-hydrogen) atoms. The molecule has 2 amide bonds. The average Bonchev–Trinajstić information content (AvgIpc) is 3.11. The number of nitrogens with zero attached hydrogens (tertiary/aromatic N) is 2. The number of primary amides is 1. The lowest BCUT2D eigenvalue weighted by Gasteiger charge is -2.30. The van der Waals surface area contributed by atoms with Crippen molar-refractivity contribution in [3.05, 3.63) is 35.3 Å². The Balaban J connectivity index is 1.68. The lowest BCUT2D eigenvalue weighted by molar-refractivity contribution is -0.123. The van der Waals surface area contributed by atoms with Crippen molar-refractivity contribution in [2.24, 2.45) is 11.7 Å². The second-order valence-corrected chi connectivity index (χ2v) is 6.59. The van der Waals surface area contributed by atoms with E-state index in [0.29, 0.717) is 31.6 Å². The first-order chi connectivity index (χ1) is 11.6. The number of rotatable bonds is 4. The van der Waals surface area contributed by atoms with Gasteiger partial charge in [-0.15, -0.1) is 11.3 Å². The number of likely N-dealkylation sites (tertiary alicyclic amines) is 1. The minimum Gasteiger partial charge on any atom is -0.497 e. The molecule has 2 N–H and O–H groups in total. The highest BCUT2D eigenvalue weighted by atomic mass is 32.1. The summed E-state index contributed by atoms with van der Waals surface area (Å²) in [6.45, 7) is 1.09. The van der Waals surface area contributed by atoms with Crippen LogP contribution in [0, 0.1) is 5.92 Å². The molecule has 0 spiro atoms. The minimum atomic E-state index is -0.280. The van der Waals surface area contributed by atoms with Gasteiger partial charge >= 0.3 is 0 Å². The van der Waals surface area contributed by atoms with E-state index < -0.39 is 0 Å². The van der Waals surface area contributed by atoms with Crippen molar-refractivity contribution < 1.29 is 14.3 Å². The Hall–Kier alpha value is -2.41. The minimum absolute atomic E-state index is 0.0890. The van der Waals surface area contributed by atoms with Crippen LogP contribution in [0.5, 0.6) is 5.75 Å². The van der Waals surface area contributed by atoms with Gasteiger partial charge in [-0.05, 0) is 37.1 Å². The molecule has 1 aromatic carbocycles. The number of nitrogens with two attached hydrogens (primary N) is 1. The summed E-state index contributed by atoms with van der Waals surface area (Å²) in [6, 6.07) is 7.58. The van der Waals surface area contributed by atoms with Crippen LogP contribution in [0.3, 0.4) is 0 Å². The topological polar surface area (TPSA) is 85.5 Å². The third-order valence-corrected chi connectivity index (χ3v) is 5.14. The molecule has 2 aromatic rings. The zero-order chi connectivity index (χ0) is 17.1. The van der Waals surface area contributed by atoms with Gasteiger partial charge in [-0.25, -0.2) is 4.98 Å². The Morgan fingerprint density at radius 1 is 1.25 bits per heavy atom. The number of benzene rings is 1. The van der Waals surface area contributed by atoms with Crippen molar-refractivity contribution in [2.75, 3.05) is 20.2 Å². The van der Waals surface area contributed by atoms with Gasteiger partial charge in [-0.3, -0.25) is 9.59 Å². The molecule has 1 aliphatic rings. The zero-order valence-corrected chi connectivity index (χ0v) is 14.2. The summed E-state index contributed by atoms with van der Waals surface area (Å²) >= 11 is 1.44. The van der Waals surface area contributed by atoms with E-state index in [0.717, 1.165) is 16.3 Å². The van der Waals surface area contributed by atoms with E-state index in [2.05, 4.69) is 4.98 Å². The summed E-state index contributed by atoms with van der Waals surface area (Å²) in [5, 5.41) is 2.58. The molecule has 0 unspecified atom stereocenters. The van der Waals surface area contributed by atoms with Crippen LogP contribution in [-0.4, -0.2) is 41.9 Å². The number of amides is 2. The Bertz CT molecular complexity index is 734. The fourth-order valence-electron chi connectivity index (χ4n) is 2.77. The van der Waals surface area contributed by atoms with Crippen LogP contribution in [0.1, 0.15) is 23.3 Å². The molecule has 0 radical (unpaired) electrons. The van der Waals surface area contributed by atoms with E-state index in [9.17, 15) is 9.59 Å². The van der Waals surface area contributed by atoms with Gasteiger partial charge in [0.2, 0.25) is 5.91 Å². The third-order valence-electron chi connectivity index (χ3n) is 4.24. The third kappa shape index (κ3) is 3.41. The van der Waals surface area contributed by atoms with Crippen molar-refractivity contribution in [3.8, 4) is 16.3 Å². The maximum absolute atomic E-state index is 12.6. The zero-order valence-electron chi connectivity index (χ0n) is 13.4. The summed E-state index contributed by atoms with van der Waals surface area (Å²) < 4.78 is 5.14. The summed E-state index contributed by atoms with van der Waals surface area (Å²) in [7, 11) is 1.62. The van der Waals surface area contributed by atoms with Gasteiger partial charge in [-0.2, -0.15) is 0 Å². The fourth-order valence-corrected chi connectivity index (χ4v) is 3.57. The molecular weight excluding hydrogens is 326 g/mol. The number of carbonyl (C=O) groups is 2. The van der Waals surface area contributed by atoms with E-state index >= 15 is 0 Å². The van der Waals surface area contributed by atoms with Crippen LogP contribution < -0.4 is 10.5 Å². The Kier molecular flexibility index (Phi) is 4.80. The first-order valence-corrected chi connectivity index (χ1v) is 8.65. The van der Waals surface area contributed by atoms with Gasteiger partial charge in [0.15, 0.2) is 0 Å². The van der Waals surface area contributed by atoms with Gasteiger partial charge < -0.3 is 15.4 Å². The second-order valence-electron chi connectivity index (χ2n) is 5.74. The monoisotopic (exact) mass is 345 g/mol. The largest absolute Gasteiger partial charge is 0.497 e. The fraction of sp³-hybridized carbons (Fsp3) is 0.353. The van der Waals surface area contributed by atoms with Crippen molar-refractivity contribution in [1.29, 1.82) is 0 Å². The van der Waals surface area contributed by atoms with E-state index in [-0.39, 0.29) is 17.7 Å². The van der Waals surface area contributed by atoms with Crippen LogP contribution >= 0.6 is 11.3 Å². The number of hydrogen-bond acceptors (Lipinski definition) is 5. The van der Waals surface area contributed by atoms with E-state index in [1.54, 1.807) is 17.4 Å². The molecule has 126 valence electrons. The first-order valence-electron chi connectivity index (χ1n) is 7.77. The van der Waals surface area contributed by atoms with Crippen LogP contribution in [-0.2, 0) is 4.79 Å². The maximum atomic E-state index is 12.6. The SMILES string of the molecule is COc1ccc(-c2nc(C(=O)N3CCC(C(N)=O)CC3)cs2)cc1. The lowest BCUT2D eigenvalue weighted by Crippen LogP contribution is -2.41. The summed E-state index contributed by atoms with van der Waals surface area (Å²) in [5.41, 5.74) is 6.72. The van der Waals surface area contributed by atoms with E-state index in [4.69, 9.17) is 10.5 Å². The summed E-state index contributed by atoms with van der Waals surface area (Å²) in [5.74, 6) is 0.287. The normalized spacial score (nSPS) is 15.3. The van der Waals surface area contributed by atoms with Crippen molar-refractivity contribution in [1.82, 2.24) is 9.88 Å². The second kappa shape index (κ2) is 7.00. The predicted molar refractivity (Wildman–Crippen MR) is 91.9 cm³/mol. The number of aromatic nitrogens is 1. The lowest BCUT2D eigenvalue weighted by atomic mass is 9.96. The molecule has 0 atom stereocenters. The van der Waals surface area contributed by atoms with Gasteiger partial charge in [0.05, 0.1) is 7.11 Å². The van der Waals surface area contributed by atoms with Crippen LogP contribution in [0.15, 0.2) is 29.6 Å². The van der Waals surface area contributed by atoms with Gasteiger partial charge in [-0.1, -0.05) is 0 Å². The Morgan fingerprint density at radius 2 is 1.92 bits per heavy atom. The predicted octanol–water partition coefficient (Wildman–Crippen LogP) is 2.16. The molecule has 1 fully saturated rings.